The summed E-state index contributed by atoms with van der Waals surface area (Å²) < 4.78 is 0. The fourth-order valence-corrected chi connectivity index (χ4v) is 4.83. The lowest BCUT2D eigenvalue weighted by molar-refractivity contribution is 0.125. The van der Waals surface area contributed by atoms with E-state index in [0.717, 1.165) is 18.4 Å². The van der Waals surface area contributed by atoms with Crippen LogP contribution >= 0.6 is 0 Å². The van der Waals surface area contributed by atoms with E-state index in [9.17, 15) is 5.11 Å². The number of rotatable bonds is 1. The Morgan fingerprint density at radius 3 is 2.57 bits per heavy atom. The topological polar surface area (TPSA) is 20.2 Å². The predicted octanol–water partition coefficient (Wildman–Crippen LogP) is 5.32. The zero-order valence-corrected chi connectivity index (χ0v) is 14.0. The number of phenols is 1. The highest BCUT2D eigenvalue weighted by atomic mass is 16.3. The monoisotopic (exact) mass is 284 g/mol. The average Bonchev–Trinajstić information content (AvgIpc) is 2.37. The molecule has 21 heavy (non-hydrogen) atoms. The molecule has 0 unspecified atom stereocenters. The van der Waals surface area contributed by atoms with Crippen LogP contribution in [0.2, 0.25) is 0 Å². The molecule has 0 amide bonds. The van der Waals surface area contributed by atoms with Gasteiger partial charge in [0.15, 0.2) is 0 Å². The molecule has 2 aliphatic rings. The van der Waals surface area contributed by atoms with E-state index in [1.165, 1.54) is 17.5 Å². The van der Waals surface area contributed by atoms with Crippen molar-refractivity contribution in [2.45, 2.75) is 65.2 Å². The summed E-state index contributed by atoms with van der Waals surface area (Å²) in [7, 11) is 0. The largest absolute Gasteiger partial charge is 0.508 e. The van der Waals surface area contributed by atoms with E-state index in [4.69, 9.17) is 0 Å². The first-order valence-corrected chi connectivity index (χ1v) is 8.29. The first-order valence-electron chi connectivity index (χ1n) is 8.29. The van der Waals surface area contributed by atoms with Gasteiger partial charge in [-0.15, -0.1) is 0 Å². The Morgan fingerprint density at radius 2 is 1.90 bits per heavy atom. The summed E-state index contributed by atoms with van der Waals surface area (Å²) in [6.07, 6.45) is 8.23. The molecule has 0 bridgehead atoms. The minimum atomic E-state index is 0.165. The van der Waals surface area contributed by atoms with Gasteiger partial charge in [0.05, 0.1) is 0 Å². The average molecular weight is 284 g/mol. The summed E-state index contributed by atoms with van der Waals surface area (Å²) in [5.41, 5.74) is 4.36. The second-order valence-corrected chi connectivity index (χ2v) is 8.16. The van der Waals surface area contributed by atoms with Gasteiger partial charge in [-0.1, -0.05) is 52.8 Å². The van der Waals surface area contributed by atoms with E-state index in [0.29, 0.717) is 17.6 Å². The maximum Gasteiger partial charge on any atom is 0.119 e. The van der Waals surface area contributed by atoms with Gasteiger partial charge in [0.2, 0.25) is 0 Å². The first kappa shape index (κ1) is 14.7. The molecule has 0 saturated heterocycles. The molecule has 0 aromatic heterocycles. The third-order valence-corrected chi connectivity index (χ3v) is 5.95. The molecule has 2 aliphatic carbocycles. The number of fused-ring (bicyclic) bond motifs is 3. The fraction of sp³-hybridized carbons (Fsp3) is 0.600. The highest BCUT2D eigenvalue weighted by molar-refractivity contribution is 5.49. The van der Waals surface area contributed by atoms with E-state index >= 15 is 0 Å². The maximum atomic E-state index is 10.5. The van der Waals surface area contributed by atoms with Crippen LogP contribution in [0.1, 0.15) is 70.1 Å². The van der Waals surface area contributed by atoms with Crippen molar-refractivity contribution in [3.8, 4) is 5.75 Å². The third kappa shape index (κ3) is 2.13. The van der Waals surface area contributed by atoms with E-state index in [2.05, 4.69) is 58.9 Å². The van der Waals surface area contributed by atoms with Crippen molar-refractivity contribution in [1.82, 2.24) is 0 Å². The number of phenolic OH excluding ortho intramolecular Hbond substituents is 1. The van der Waals surface area contributed by atoms with E-state index in [1.807, 2.05) is 0 Å². The highest BCUT2D eigenvalue weighted by Gasteiger charge is 2.48. The molecule has 2 atom stereocenters. The van der Waals surface area contributed by atoms with Crippen molar-refractivity contribution < 1.29 is 5.11 Å². The molecule has 0 spiro atoms. The van der Waals surface area contributed by atoms with Crippen LogP contribution in [0.4, 0.5) is 0 Å². The molecule has 0 fully saturated rings. The second kappa shape index (κ2) is 4.63. The summed E-state index contributed by atoms with van der Waals surface area (Å²) in [6.45, 7) is 11.4. The van der Waals surface area contributed by atoms with Gasteiger partial charge in [0.25, 0.3) is 0 Å². The minimum Gasteiger partial charge on any atom is -0.508 e. The van der Waals surface area contributed by atoms with Crippen molar-refractivity contribution in [2.75, 3.05) is 0 Å². The van der Waals surface area contributed by atoms with E-state index in [1.54, 1.807) is 0 Å². The van der Waals surface area contributed by atoms with Crippen LogP contribution in [-0.4, -0.2) is 5.11 Å². The third-order valence-electron chi connectivity index (χ3n) is 5.95. The number of aryl methyl sites for hydroxylation is 1. The van der Waals surface area contributed by atoms with Crippen LogP contribution in [0.15, 0.2) is 24.3 Å². The number of aromatic hydroxyl groups is 1. The molecule has 3 rings (SSSR count). The van der Waals surface area contributed by atoms with Gasteiger partial charge >= 0.3 is 0 Å². The zero-order chi connectivity index (χ0) is 15.4. The standard InChI is InChI=1S/C20H28O/c1-13(2)15-11-14-7-8-18-19(3,4)9-6-10-20(18,5)16(14)12-17(15)21/h6,9,11-13,18,21H,7-8,10H2,1-5H3/t18-,20+/m0/s1. The number of benzene rings is 1. The molecule has 0 saturated carbocycles. The zero-order valence-electron chi connectivity index (χ0n) is 14.0. The summed E-state index contributed by atoms with van der Waals surface area (Å²) in [6, 6.07) is 4.34. The first-order chi connectivity index (χ1) is 9.75. The summed E-state index contributed by atoms with van der Waals surface area (Å²) in [5.74, 6) is 1.52. The Labute approximate surface area is 129 Å². The van der Waals surface area contributed by atoms with Crippen molar-refractivity contribution in [1.29, 1.82) is 0 Å². The van der Waals surface area contributed by atoms with Crippen molar-refractivity contribution >= 4 is 0 Å². The molecule has 0 radical (unpaired) electrons. The Bertz CT molecular complexity index is 594. The van der Waals surface area contributed by atoms with Gasteiger partial charge in [-0.3, -0.25) is 0 Å². The smallest absolute Gasteiger partial charge is 0.119 e. The van der Waals surface area contributed by atoms with Crippen LogP contribution in [0.5, 0.6) is 5.75 Å². The summed E-state index contributed by atoms with van der Waals surface area (Å²) >= 11 is 0. The lowest BCUT2D eigenvalue weighted by Gasteiger charge is -2.52. The van der Waals surface area contributed by atoms with Crippen LogP contribution in [0.25, 0.3) is 0 Å². The molecule has 0 heterocycles. The molecule has 114 valence electrons. The van der Waals surface area contributed by atoms with Crippen molar-refractivity contribution in [3.63, 3.8) is 0 Å². The molecule has 0 aliphatic heterocycles. The molecular weight excluding hydrogens is 256 g/mol. The lowest BCUT2D eigenvalue weighted by atomic mass is 9.52. The van der Waals surface area contributed by atoms with Crippen molar-refractivity contribution in [2.24, 2.45) is 11.3 Å². The predicted molar refractivity (Wildman–Crippen MR) is 88.9 cm³/mol. The molecule has 1 nitrogen and oxygen atoms in total. The van der Waals surface area contributed by atoms with Crippen molar-refractivity contribution in [3.05, 3.63) is 41.0 Å². The van der Waals surface area contributed by atoms with Gasteiger partial charge in [-0.05, 0) is 64.7 Å². The quantitative estimate of drug-likeness (QED) is 0.692. The molecular formula is C20H28O. The van der Waals surface area contributed by atoms with Gasteiger partial charge in [0, 0.05) is 0 Å². The highest BCUT2D eigenvalue weighted by Crippen LogP contribution is 2.55. The summed E-state index contributed by atoms with van der Waals surface area (Å²) in [4.78, 5) is 0. The SMILES string of the molecule is CC(C)c1cc2c(cc1O)[C@@]1(C)CC=CC(C)(C)[C@@H]1CC2. The van der Waals surface area contributed by atoms with Gasteiger partial charge < -0.3 is 5.11 Å². The van der Waals surface area contributed by atoms with Crippen LogP contribution in [-0.2, 0) is 11.8 Å². The van der Waals surface area contributed by atoms with Gasteiger partial charge in [0.1, 0.15) is 5.75 Å². The molecule has 1 N–H and O–H groups in total. The number of hydrogen-bond acceptors (Lipinski definition) is 1. The number of allylic oxidation sites excluding steroid dienone is 2. The van der Waals surface area contributed by atoms with Crippen LogP contribution in [0.3, 0.4) is 0 Å². The number of hydrogen-bond donors (Lipinski definition) is 1. The fourth-order valence-electron chi connectivity index (χ4n) is 4.83. The minimum absolute atomic E-state index is 0.165. The van der Waals surface area contributed by atoms with Crippen LogP contribution < -0.4 is 0 Å². The van der Waals surface area contributed by atoms with E-state index < -0.39 is 0 Å². The Kier molecular flexibility index (Phi) is 3.24. The van der Waals surface area contributed by atoms with Crippen LogP contribution in [0, 0.1) is 11.3 Å². The summed E-state index contributed by atoms with van der Waals surface area (Å²) in [5, 5.41) is 10.5. The molecule has 1 aromatic rings. The Hall–Kier alpha value is -1.24. The Balaban J connectivity index is 2.15. The lowest BCUT2D eigenvalue weighted by Crippen LogP contribution is -2.45. The van der Waals surface area contributed by atoms with E-state index in [-0.39, 0.29) is 10.8 Å². The molecule has 1 heteroatoms. The van der Waals surface area contributed by atoms with Gasteiger partial charge in [-0.2, -0.15) is 0 Å². The molecule has 1 aromatic carbocycles. The normalized spacial score (nSPS) is 30.1. The Morgan fingerprint density at radius 1 is 1.19 bits per heavy atom. The van der Waals surface area contributed by atoms with Gasteiger partial charge in [-0.25, -0.2) is 0 Å². The maximum absolute atomic E-state index is 10.5. The second-order valence-electron chi connectivity index (χ2n) is 8.16.